The zero-order chi connectivity index (χ0) is 18.3. The van der Waals surface area contributed by atoms with E-state index >= 15 is 0 Å². The van der Waals surface area contributed by atoms with Crippen LogP contribution in [0.3, 0.4) is 0 Å². The van der Waals surface area contributed by atoms with Crippen LogP contribution >= 0.6 is 0 Å². The monoisotopic (exact) mass is 363 g/mol. The largest absolute Gasteiger partial charge is 0.497 e. The molecule has 0 aliphatic heterocycles. The molecule has 1 atom stereocenters. The topological polar surface area (TPSA) is 64.6 Å². The Morgan fingerprint density at radius 3 is 2.44 bits per heavy atom. The lowest BCUT2D eigenvalue weighted by Gasteiger charge is -2.16. The van der Waals surface area contributed by atoms with E-state index in [0.29, 0.717) is 18.1 Å². The molecule has 0 heterocycles. The van der Waals surface area contributed by atoms with Crippen molar-refractivity contribution >= 4 is 10.0 Å². The van der Waals surface area contributed by atoms with Gasteiger partial charge >= 0.3 is 0 Å². The number of hydrogen-bond acceptors (Lipinski definition) is 4. The highest BCUT2D eigenvalue weighted by molar-refractivity contribution is 7.89. The number of rotatable bonds is 9. The van der Waals surface area contributed by atoms with E-state index in [9.17, 15) is 8.42 Å². The molecule has 2 aromatic carbocycles. The van der Waals surface area contributed by atoms with Crippen molar-refractivity contribution in [2.24, 2.45) is 0 Å². The second-order valence-electron chi connectivity index (χ2n) is 5.79. The van der Waals surface area contributed by atoms with Crippen LogP contribution in [-0.2, 0) is 10.0 Å². The van der Waals surface area contributed by atoms with Gasteiger partial charge in [0.15, 0.2) is 0 Å². The van der Waals surface area contributed by atoms with Crippen LogP contribution in [0.1, 0.15) is 38.3 Å². The van der Waals surface area contributed by atoms with Gasteiger partial charge in [-0.3, -0.25) is 0 Å². The first-order valence-corrected chi connectivity index (χ1v) is 9.83. The first-order valence-electron chi connectivity index (χ1n) is 8.35. The molecule has 2 aromatic rings. The van der Waals surface area contributed by atoms with Gasteiger partial charge in [-0.05, 0) is 55.3 Å². The maximum Gasteiger partial charge on any atom is 0.241 e. The molecule has 1 N–H and O–H groups in total. The fourth-order valence-electron chi connectivity index (χ4n) is 2.33. The number of sulfonamides is 1. The Kier molecular flexibility index (Phi) is 6.84. The van der Waals surface area contributed by atoms with Gasteiger partial charge in [0.05, 0.1) is 18.6 Å². The molecule has 0 bridgehead atoms. The molecule has 0 aliphatic carbocycles. The highest BCUT2D eigenvalue weighted by Gasteiger charge is 2.18. The summed E-state index contributed by atoms with van der Waals surface area (Å²) >= 11 is 0. The third-order valence-corrected chi connectivity index (χ3v) is 5.38. The van der Waals surface area contributed by atoms with Gasteiger partial charge in [-0.15, -0.1) is 0 Å². The lowest BCUT2D eigenvalue weighted by molar-refractivity contribution is 0.309. The molecule has 5 nitrogen and oxygen atoms in total. The van der Waals surface area contributed by atoms with Gasteiger partial charge < -0.3 is 9.47 Å². The van der Waals surface area contributed by atoms with Crippen LogP contribution < -0.4 is 14.2 Å². The van der Waals surface area contributed by atoms with E-state index in [1.54, 1.807) is 38.3 Å². The van der Waals surface area contributed by atoms with E-state index in [4.69, 9.17) is 9.47 Å². The molecule has 0 amide bonds. The minimum atomic E-state index is -3.62. The maximum atomic E-state index is 12.6. The standard InChI is InChI=1S/C19H25NO4S/c1-4-5-13-24-17-9-11-19(12-10-17)25(21,22)20-15(2)16-7-6-8-18(14-16)23-3/h6-12,14-15,20H,4-5,13H2,1-3H3. The summed E-state index contributed by atoms with van der Waals surface area (Å²) in [6, 6.07) is 13.4. The number of ether oxygens (including phenoxy) is 2. The lowest BCUT2D eigenvalue weighted by atomic mass is 10.1. The van der Waals surface area contributed by atoms with Crippen molar-refractivity contribution in [1.82, 2.24) is 4.72 Å². The van der Waals surface area contributed by atoms with Crippen molar-refractivity contribution in [2.45, 2.75) is 37.6 Å². The van der Waals surface area contributed by atoms with Gasteiger partial charge in [0.1, 0.15) is 11.5 Å². The predicted octanol–water partition coefficient (Wildman–Crippen LogP) is 3.91. The quantitative estimate of drug-likeness (QED) is 0.686. The highest BCUT2D eigenvalue weighted by atomic mass is 32.2. The van der Waals surface area contributed by atoms with Crippen molar-refractivity contribution in [2.75, 3.05) is 13.7 Å². The zero-order valence-corrected chi connectivity index (χ0v) is 15.7. The average molecular weight is 363 g/mol. The van der Waals surface area contributed by atoms with Crippen molar-refractivity contribution in [3.05, 3.63) is 54.1 Å². The van der Waals surface area contributed by atoms with Crippen molar-refractivity contribution in [3.63, 3.8) is 0 Å². The molecule has 0 aliphatic rings. The fourth-order valence-corrected chi connectivity index (χ4v) is 3.56. The lowest BCUT2D eigenvalue weighted by Crippen LogP contribution is -2.26. The Morgan fingerprint density at radius 2 is 1.80 bits per heavy atom. The molecular weight excluding hydrogens is 338 g/mol. The second kappa shape index (κ2) is 8.87. The zero-order valence-electron chi connectivity index (χ0n) is 14.9. The van der Waals surface area contributed by atoms with E-state index in [1.165, 1.54) is 0 Å². The van der Waals surface area contributed by atoms with Crippen LogP contribution in [0.5, 0.6) is 11.5 Å². The van der Waals surface area contributed by atoms with Crippen molar-refractivity contribution in [1.29, 1.82) is 0 Å². The summed E-state index contributed by atoms with van der Waals surface area (Å²) in [7, 11) is -2.03. The molecule has 25 heavy (non-hydrogen) atoms. The summed E-state index contributed by atoms with van der Waals surface area (Å²) in [5.74, 6) is 1.37. The Morgan fingerprint density at radius 1 is 1.08 bits per heavy atom. The van der Waals surface area contributed by atoms with Gasteiger partial charge in [-0.2, -0.15) is 0 Å². The summed E-state index contributed by atoms with van der Waals surface area (Å²) in [6.45, 7) is 4.52. The number of unbranched alkanes of at least 4 members (excludes halogenated alkanes) is 1. The second-order valence-corrected chi connectivity index (χ2v) is 7.51. The van der Waals surface area contributed by atoms with E-state index in [1.807, 2.05) is 24.3 Å². The summed E-state index contributed by atoms with van der Waals surface area (Å²) in [6.07, 6.45) is 2.03. The van der Waals surface area contributed by atoms with Crippen LogP contribution in [-0.4, -0.2) is 22.1 Å². The predicted molar refractivity (Wildman–Crippen MR) is 98.6 cm³/mol. The number of benzene rings is 2. The van der Waals surface area contributed by atoms with Gasteiger partial charge in [-0.1, -0.05) is 25.5 Å². The number of methoxy groups -OCH3 is 1. The summed E-state index contributed by atoms with van der Waals surface area (Å²) in [5.41, 5.74) is 0.836. The molecule has 136 valence electrons. The Labute approximate surface area is 150 Å². The first kappa shape index (κ1) is 19.3. The molecule has 2 rings (SSSR count). The molecule has 0 saturated heterocycles. The molecule has 0 fully saturated rings. The highest BCUT2D eigenvalue weighted by Crippen LogP contribution is 2.22. The molecule has 6 heteroatoms. The normalized spacial score (nSPS) is 12.6. The summed E-state index contributed by atoms with van der Waals surface area (Å²) < 4.78 is 38.5. The van der Waals surface area contributed by atoms with Gasteiger partial charge in [0.25, 0.3) is 0 Å². The van der Waals surface area contributed by atoms with Gasteiger partial charge in [0.2, 0.25) is 10.0 Å². The average Bonchev–Trinajstić information content (AvgIpc) is 2.62. The molecule has 0 spiro atoms. The SMILES string of the molecule is CCCCOc1ccc(S(=O)(=O)NC(C)c2cccc(OC)c2)cc1. The van der Waals surface area contributed by atoms with E-state index in [2.05, 4.69) is 11.6 Å². The maximum absolute atomic E-state index is 12.6. The Balaban J connectivity index is 2.07. The van der Waals surface area contributed by atoms with Crippen LogP contribution in [0.2, 0.25) is 0 Å². The minimum Gasteiger partial charge on any atom is -0.497 e. The summed E-state index contributed by atoms with van der Waals surface area (Å²) in [4.78, 5) is 0.213. The van der Waals surface area contributed by atoms with E-state index < -0.39 is 10.0 Å². The van der Waals surface area contributed by atoms with Crippen LogP contribution in [0.15, 0.2) is 53.4 Å². The third-order valence-electron chi connectivity index (χ3n) is 3.83. The van der Waals surface area contributed by atoms with Gasteiger partial charge in [-0.25, -0.2) is 13.1 Å². The van der Waals surface area contributed by atoms with Crippen LogP contribution in [0.25, 0.3) is 0 Å². The van der Waals surface area contributed by atoms with E-state index in [-0.39, 0.29) is 10.9 Å². The Hall–Kier alpha value is -2.05. The third kappa shape index (κ3) is 5.47. The number of hydrogen-bond donors (Lipinski definition) is 1. The fraction of sp³-hybridized carbons (Fsp3) is 0.368. The number of nitrogens with one attached hydrogen (secondary N) is 1. The molecule has 0 aromatic heterocycles. The molecule has 0 radical (unpaired) electrons. The van der Waals surface area contributed by atoms with Gasteiger partial charge in [0, 0.05) is 6.04 Å². The van der Waals surface area contributed by atoms with E-state index in [0.717, 1.165) is 18.4 Å². The Bertz CT molecular complexity index is 772. The van der Waals surface area contributed by atoms with Crippen molar-refractivity contribution < 1.29 is 17.9 Å². The first-order chi connectivity index (χ1) is 12.0. The molecule has 0 saturated carbocycles. The molecule has 1 unspecified atom stereocenters. The minimum absolute atomic E-state index is 0.213. The van der Waals surface area contributed by atoms with Crippen LogP contribution in [0.4, 0.5) is 0 Å². The van der Waals surface area contributed by atoms with Crippen molar-refractivity contribution in [3.8, 4) is 11.5 Å². The molecular formula is C19H25NO4S. The van der Waals surface area contributed by atoms with Crippen LogP contribution in [0, 0.1) is 0 Å². The summed E-state index contributed by atoms with van der Waals surface area (Å²) in [5, 5.41) is 0. The smallest absolute Gasteiger partial charge is 0.241 e.